The molecule has 7 nitrogen and oxygen atoms in total. The molecule has 0 aliphatic heterocycles. The maximum Gasteiger partial charge on any atom is 0.306 e. The number of nitro groups is 1. The Kier molecular flexibility index (Phi) is 4.89. The van der Waals surface area contributed by atoms with Crippen molar-refractivity contribution in [3.05, 3.63) is 52.3 Å². The second-order valence-corrected chi connectivity index (χ2v) is 4.64. The second-order valence-electron chi connectivity index (χ2n) is 4.64. The van der Waals surface area contributed by atoms with Crippen molar-refractivity contribution in [3.8, 4) is 5.75 Å². The summed E-state index contributed by atoms with van der Waals surface area (Å²) in [7, 11) is 0. The van der Waals surface area contributed by atoms with Crippen LogP contribution in [-0.4, -0.2) is 32.5 Å². The second kappa shape index (κ2) is 6.85. The molecule has 0 spiro atoms. The molecule has 0 aliphatic carbocycles. The molecule has 2 aromatic rings. The first-order valence-electron chi connectivity index (χ1n) is 6.65. The minimum Gasteiger partial charge on any atom is -0.491 e. The highest BCUT2D eigenvalue weighted by atomic mass is 16.6. The quantitative estimate of drug-likeness (QED) is 0.620. The van der Waals surface area contributed by atoms with Crippen molar-refractivity contribution >= 4 is 5.69 Å². The van der Waals surface area contributed by atoms with E-state index in [4.69, 9.17) is 4.74 Å². The summed E-state index contributed by atoms with van der Waals surface area (Å²) in [6, 6.07) is 7.65. The van der Waals surface area contributed by atoms with Gasteiger partial charge in [-0.15, -0.1) is 0 Å². The first kappa shape index (κ1) is 15.0. The Labute approximate surface area is 121 Å². The molecule has 0 radical (unpaired) electrons. The van der Waals surface area contributed by atoms with Gasteiger partial charge in [0.05, 0.1) is 11.5 Å². The zero-order chi connectivity index (χ0) is 15.2. The molecule has 1 aromatic heterocycles. The van der Waals surface area contributed by atoms with Crippen LogP contribution in [0.15, 0.2) is 36.7 Å². The summed E-state index contributed by atoms with van der Waals surface area (Å²) in [6.07, 6.45) is 2.55. The number of hydrogen-bond donors (Lipinski definition) is 1. The van der Waals surface area contributed by atoms with Crippen molar-refractivity contribution < 1.29 is 14.8 Å². The van der Waals surface area contributed by atoms with Crippen LogP contribution in [0.2, 0.25) is 0 Å². The molecule has 1 heterocycles. The SMILES string of the molecule is CCc1cccc(OCC(O)Cn2cc([N+](=O)[O-])cn2)c1. The van der Waals surface area contributed by atoms with Crippen LogP contribution in [0.3, 0.4) is 0 Å². The number of hydrogen-bond acceptors (Lipinski definition) is 5. The molecule has 7 heteroatoms. The first-order chi connectivity index (χ1) is 10.1. The summed E-state index contributed by atoms with van der Waals surface area (Å²) in [5.41, 5.74) is 1.06. The fourth-order valence-electron chi connectivity index (χ4n) is 1.86. The Morgan fingerprint density at radius 1 is 1.52 bits per heavy atom. The van der Waals surface area contributed by atoms with E-state index < -0.39 is 11.0 Å². The van der Waals surface area contributed by atoms with Crippen LogP contribution in [0.4, 0.5) is 5.69 Å². The van der Waals surface area contributed by atoms with Crippen LogP contribution in [0.1, 0.15) is 12.5 Å². The summed E-state index contributed by atoms with van der Waals surface area (Å²) < 4.78 is 6.84. The third-order valence-electron chi connectivity index (χ3n) is 2.98. The molecule has 0 bridgehead atoms. The predicted molar refractivity (Wildman–Crippen MR) is 76.2 cm³/mol. The highest BCUT2D eigenvalue weighted by Crippen LogP contribution is 2.14. The fraction of sp³-hybridized carbons (Fsp3) is 0.357. The van der Waals surface area contributed by atoms with E-state index in [9.17, 15) is 15.2 Å². The van der Waals surface area contributed by atoms with Crippen molar-refractivity contribution in [2.75, 3.05) is 6.61 Å². The lowest BCUT2D eigenvalue weighted by Crippen LogP contribution is -2.23. The van der Waals surface area contributed by atoms with Gasteiger partial charge in [-0.2, -0.15) is 5.10 Å². The van der Waals surface area contributed by atoms with Gasteiger partial charge >= 0.3 is 5.69 Å². The predicted octanol–water partition coefficient (Wildman–Crippen LogP) is 1.79. The number of ether oxygens (including phenoxy) is 1. The average Bonchev–Trinajstić information content (AvgIpc) is 2.94. The Balaban J connectivity index is 1.86. The number of nitrogens with zero attached hydrogens (tertiary/aromatic N) is 3. The summed E-state index contributed by atoms with van der Waals surface area (Å²) >= 11 is 0. The molecule has 0 saturated carbocycles. The van der Waals surface area contributed by atoms with Crippen LogP contribution >= 0.6 is 0 Å². The van der Waals surface area contributed by atoms with Crippen LogP contribution in [0.25, 0.3) is 0 Å². The summed E-state index contributed by atoms with van der Waals surface area (Å²) in [5, 5.41) is 24.2. The van der Waals surface area contributed by atoms with E-state index in [1.807, 2.05) is 24.3 Å². The third-order valence-corrected chi connectivity index (χ3v) is 2.98. The Bertz CT molecular complexity index is 612. The van der Waals surface area contributed by atoms with E-state index in [1.54, 1.807) is 0 Å². The minimum absolute atomic E-state index is 0.0980. The normalized spacial score (nSPS) is 12.1. The molecule has 1 unspecified atom stereocenters. The van der Waals surface area contributed by atoms with Crippen molar-refractivity contribution in [1.29, 1.82) is 0 Å². The molecule has 1 N–H and O–H groups in total. The van der Waals surface area contributed by atoms with Crippen molar-refractivity contribution in [2.24, 2.45) is 0 Å². The highest BCUT2D eigenvalue weighted by Gasteiger charge is 2.12. The largest absolute Gasteiger partial charge is 0.491 e. The molecule has 0 fully saturated rings. The molecule has 0 aliphatic rings. The van der Waals surface area contributed by atoms with Crippen LogP contribution in [0.5, 0.6) is 5.75 Å². The third kappa shape index (κ3) is 4.28. The number of aliphatic hydroxyl groups excluding tert-OH is 1. The van der Waals surface area contributed by atoms with Gasteiger partial charge in [0.25, 0.3) is 0 Å². The molecule has 2 rings (SSSR count). The molecule has 0 amide bonds. The average molecular weight is 291 g/mol. The number of aliphatic hydroxyl groups is 1. The number of benzene rings is 1. The molecule has 21 heavy (non-hydrogen) atoms. The maximum absolute atomic E-state index is 10.5. The van der Waals surface area contributed by atoms with E-state index >= 15 is 0 Å². The van der Waals surface area contributed by atoms with Gasteiger partial charge in [0, 0.05) is 0 Å². The van der Waals surface area contributed by atoms with E-state index in [1.165, 1.54) is 10.9 Å². The molecular weight excluding hydrogens is 274 g/mol. The molecule has 1 atom stereocenters. The molecular formula is C14H17N3O4. The number of aryl methyl sites for hydroxylation is 1. The summed E-state index contributed by atoms with van der Waals surface area (Å²) in [6.45, 7) is 2.29. The van der Waals surface area contributed by atoms with Crippen LogP contribution in [-0.2, 0) is 13.0 Å². The molecule has 112 valence electrons. The maximum atomic E-state index is 10.5. The van der Waals surface area contributed by atoms with E-state index in [0.717, 1.165) is 18.2 Å². The van der Waals surface area contributed by atoms with Crippen molar-refractivity contribution in [3.63, 3.8) is 0 Å². The number of rotatable bonds is 7. The van der Waals surface area contributed by atoms with Gasteiger partial charge in [-0.3, -0.25) is 14.8 Å². The lowest BCUT2D eigenvalue weighted by molar-refractivity contribution is -0.385. The van der Waals surface area contributed by atoms with E-state index in [2.05, 4.69) is 12.0 Å². The van der Waals surface area contributed by atoms with Gasteiger partial charge in [-0.25, -0.2) is 0 Å². The fourth-order valence-corrected chi connectivity index (χ4v) is 1.86. The molecule has 0 saturated heterocycles. The van der Waals surface area contributed by atoms with Crippen LogP contribution in [0, 0.1) is 10.1 Å². The zero-order valence-electron chi connectivity index (χ0n) is 11.7. The van der Waals surface area contributed by atoms with E-state index in [0.29, 0.717) is 5.75 Å². The molecule has 1 aromatic carbocycles. The topological polar surface area (TPSA) is 90.4 Å². The smallest absolute Gasteiger partial charge is 0.306 e. The van der Waals surface area contributed by atoms with Gasteiger partial charge < -0.3 is 9.84 Å². The first-order valence-corrected chi connectivity index (χ1v) is 6.65. The lowest BCUT2D eigenvalue weighted by Gasteiger charge is -2.12. The van der Waals surface area contributed by atoms with Gasteiger partial charge in [0.1, 0.15) is 30.9 Å². The van der Waals surface area contributed by atoms with Gasteiger partial charge in [-0.1, -0.05) is 19.1 Å². The van der Waals surface area contributed by atoms with Crippen LogP contribution < -0.4 is 4.74 Å². The monoisotopic (exact) mass is 291 g/mol. The van der Waals surface area contributed by atoms with Crippen molar-refractivity contribution in [1.82, 2.24) is 9.78 Å². The summed E-state index contributed by atoms with van der Waals surface area (Å²) in [4.78, 5) is 10.0. The standard InChI is InChI=1S/C14H17N3O4/c1-2-11-4-3-5-14(6-11)21-10-13(18)9-16-8-12(7-15-16)17(19)20/h3-8,13,18H,2,9-10H2,1H3. The summed E-state index contributed by atoms with van der Waals surface area (Å²) in [5.74, 6) is 0.694. The zero-order valence-corrected chi connectivity index (χ0v) is 11.7. The highest BCUT2D eigenvalue weighted by molar-refractivity contribution is 5.28. The Hall–Kier alpha value is -2.41. The minimum atomic E-state index is -0.796. The Morgan fingerprint density at radius 2 is 2.33 bits per heavy atom. The Morgan fingerprint density at radius 3 is 3.00 bits per heavy atom. The van der Waals surface area contributed by atoms with Gasteiger partial charge in [-0.05, 0) is 24.1 Å². The number of aromatic nitrogens is 2. The lowest BCUT2D eigenvalue weighted by atomic mass is 10.2. The van der Waals surface area contributed by atoms with E-state index in [-0.39, 0.29) is 18.8 Å². The van der Waals surface area contributed by atoms with Gasteiger partial charge in [0.2, 0.25) is 0 Å². The van der Waals surface area contributed by atoms with Gasteiger partial charge in [0.15, 0.2) is 0 Å². The van der Waals surface area contributed by atoms with Crippen molar-refractivity contribution in [2.45, 2.75) is 26.0 Å².